The van der Waals surface area contributed by atoms with Gasteiger partial charge in [0.2, 0.25) is 0 Å². The zero-order valence-corrected chi connectivity index (χ0v) is 18.3. The van der Waals surface area contributed by atoms with Crippen LogP contribution in [-0.2, 0) is 13.0 Å². The smallest absolute Gasteiger partial charge is 0.338 e. The number of nitrogens with zero attached hydrogens (tertiary/aromatic N) is 1. The number of ketones is 1. The van der Waals surface area contributed by atoms with E-state index in [1.54, 1.807) is 24.3 Å². The molecular weight excluding hydrogens is 425 g/mol. The highest BCUT2D eigenvalue weighted by molar-refractivity contribution is 6.10. The molecule has 0 fully saturated rings. The van der Waals surface area contributed by atoms with Gasteiger partial charge in [-0.2, -0.15) is 13.2 Å². The lowest BCUT2D eigenvalue weighted by atomic mass is 9.96. The average molecular weight is 451 g/mol. The third kappa shape index (κ3) is 5.52. The molecule has 0 aliphatic rings. The Morgan fingerprint density at radius 1 is 0.939 bits per heavy atom. The summed E-state index contributed by atoms with van der Waals surface area (Å²) in [6.45, 7) is 1.44. The summed E-state index contributed by atoms with van der Waals surface area (Å²) in [4.78, 5) is 13.7. The van der Waals surface area contributed by atoms with Crippen LogP contribution in [0.5, 0.6) is 0 Å². The fourth-order valence-corrected chi connectivity index (χ4v) is 4.05. The Labute approximate surface area is 190 Å². The number of carbonyl (C=O) groups is 1. The van der Waals surface area contributed by atoms with Gasteiger partial charge in [-0.25, -0.2) is 0 Å². The first kappa shape index (κ1) is 22.8. The fraction of sp³-hybridized carbons (Fsp3) is 0.222. The van der Waals surface area contributed by atoms with E-state index in [0.717, 1.165) is 22.1 Å². The monoisotopic (exact) mass is 450 g/mol. The number of nitrogens with one attached hydrogen (secondary N) is 1. The van der Waals surface area contributed by atoms with E-state index in [2.05, 4.69) is 17.4 Å². The third-order valence-electron chi connectivity index (χ3n) is 5.68. The summed E-state index contributed by atoms with van der Waals surface area (Å²) >= 11 is 0. The zero-order chi connectivity index (χ0) is 23.4. The number of aryl methyl sites for hydroxylation is 1. The molecule has 0 saturated heterocycles. The minimum Gasteiger partial charge on any atom is -0.338 e. The Bertz CT molecular complexity index is 1230. The van der Waals surface area contributed by atoms with Crippen molar-refractivity contribution in [2.24, 2.45) is 0 Å². The molecule has 0 aliphatic heterocycles. The third-order valence-corrected chi connectivity index (χ3v) is 5.68. The van der Waals surface area contributed by atoms with E-state index in [1.807, 2.05) is 49.4 Å². The highest BCUT2D eigenvalue weighted by Crippen LogP contribution is 2.29. The van der Waals surface area contributed by atoms with Gasteiger partial charge in [0.15, 0.2) is 5.78 Å². The minimum atomic E-state index is -4.38. The van der Waals surface area contributed by atoms with Crippen molar-refractivity contribution in [1.82, 2.24) is 9.88 Å². The van der Waals surface area contributed by atoms with Gasteiger partial charge in [0.1, 0.15) is 6.54 Å². The van der Waals surface area contributed by atoms with Crippen LogP contribution in [-0.4, -0.2) is 23.1 Å². The van der Waals surface area contributed by atoms with Crippen LogP contribution in [0.1, 0.15) is 33.1 Å². The molecule has 4 rings (SSSR count). The number of aromatic nitrogens is 1. The summed E-state index contributed by atoms with van der Waals surface area (Å²) in [7, 11) is 0. The summed E-state index contributed by atoms with van der Waals surface area (Å²) in [5, 5.41) is 3.86. The van der Waals surface area contributed by atoms with Crippen LogP contribution < -0.4 is 5.32 Å². The number of hydrogen-bond donors (Lipinski definition) is 1. The van der Waals surface area contributed by atoms with E-state index in [1.165, 1.54) is 11.8 Å². The summed E-state index contributed by atoms with van der Waals surface area (Å²) in [5.41, 5.74) is 3.78. The van der Waals surface area contributed by atoms with Crippen LogP contribution >= 0.6 is 0 Å². The van der Waals surface area contributed by atoms with Crippen molar-refractivity contribution in [3.8, 4) is 0 Å². The molecule has 0 unspecified atom stereocenters. The number of carbonyl (C=O) groups excluding carboxylic acids is 1. The predicted octanol–water partition coefficient (Wildman–Crippen LogP) is 6.27. The van der Waals surface area contributed by atoms with Crippen molar-refractivity contribution in [2.75, 3.05) is 6.54 Å². The van der Waals surface area contributed by atoms with Gasteiger partial charge in [-0.1, -0.05) is 78.4 Å². The number of para-hydroxylation sites is 1. The van der Waals surface area contributed by atoms with Crippen molar-refractivity contribution in [2.45, 2.75) is 32.1 Å². The number of rotatable bonds is 8. The Balaban J connectivity index is 1.64. The maximum Gasteiger partial charge on any atom is 0.406 e. The van der Waals surface area contributed by atoms with Gasteiger partial charge in [-0.05, 0) is 30.5 Å². The summed E-state index contributed by atoms with van der Waals surface area (Å²) in [6.07, 6.45) is -2.32. The molecule has 1 heterocycles. The first-order valence-corrected chi connectivity index (χ1v) is 10.8. The lowest BCUT2D eigenvalue weighted by Crippen LogP contribution is -2.30. The molecule has 1 aromatic heterocycles. The lowest BCUT2D eigenvalue weighted by Gasteiger charge is -2.18. The topological polar surface area (TPSA) is 34.0 Å². The Kier molecular flexibility index (Phi) is 6.65. The van der Waals surface area contributed by atoms with Crippen LogP contribution in [0, 0.1) is 6.92 Å². The predicted molar refractivity (Wildman–Crippen MR) is 124 cm³/mol. The van der Waals surface area contributed by atoms with E-state index >= 15 is 0 Å². The average Bonchev–Trinajstić information content (AvgIpc) is 3.15. The molecule has 33 heavy (non-hydrogen) atoms. The summed E-state index contributed by atoms with van der Waals surface area (Å²) in [5.74, 6) is -0.248. The number of halogens is 3. The van der Waals surface area contributed by atoms with Gasteiger partial charge in [-0.3, -0.25) is 4.79 Å². The Morgan fingerprint density at radius 3 is 2.30 bits per heavy atom. The number of fused-ring (bicyclic) bond motifs is 1. The highest BCUT2D eigenvalue weighted by atomic mass is 19.4. The second-order valence-electron chi connectivity index (χ2n) is 8.20. The molecule has 6 heteroatoms. The molecule has 0 aliphatic carbocycles. The van der Waals surface area contributed by atoms with Crippen molar-refractivity contribution in [3.05, 3.63) is 107 Å². The fourth-order valence-electron chi connectivity index (χ4n) is 4.05. The van der Waals surface area contributed by atoms with Gasteiger partial charge in [-0.15, -0.1) is 0 Å². The molecular formula is C27H25F3N2O. The number of Topliss-reactive ketones (excluding diaryl/α,β-unsaturated/α-hetero) is 1. The molecule has 1 N–H and O–H groups in total. The van der Waals surface area contributed by atoms with Crippen molar-refractivity contribution in [3.63, 3.8) is 0 Å². The SMILES string of the molecule is Cc1ccc(CCN[C@H](C(=O)c2cn(CC(F)(F)F)c3ccccc23)c2ccccc2)cc1. The van der Waals surface area contributed by atoms with Crippen LogP contribution in [0.4, 0.5) is 13.2 Å². The van der Waals surface area contributed by atoms with Gasteiger partial charge in [0.25, 0.3) is 0 Å². The van der Waals surface area contributed by atoms with E-state index in [4.69, 9.17) is 0 Å². The molecule has 170 valence electrons. The van der Waals surface area contributed by atoms with Gasteiger partial charge >= 0.3 is 6.18 Å². The molecule has 1 atom stereocenters. The van der Waals surface area contributed by atoms with Gasteiger partial charge in [0, 0.05) is 29.2 Å². The van der Waals surface area contributed by atoms with E-state index < -0.39 is 18.8 Å². The number of alkyl halides is 3. The van der Waals surface area contributed by atoms with E-state index in [9.17, 15) is 18.0 Å². The maximum absolute atomic E-state index is 13.7. The van der Waals surface area contributed by atoms with Crippen molar-refractivity contribution in [1.29, 1.82) is 0 Å². The molecule has 0 spiro atoms. The largest absolute Gasteiger partial charge is 0.406 e. The standard InChI is InChI=1S/C27H25F3N2O/c1-19-11-13-20(14-12-19)15-16-31-25(21-7-3-2-4-8-21)26(33)23-17-32(18-27(28,29)30)24-10-6-5-9-22(23)24/h2-14,17,25,31H,15-16,18H2,1H3/t25-/m0/s1. The quantitative estimate of drug-likeness (QED) is 0.321. The van der Waals surface area contributed by atoms with Crippen molar-refractivity contribution < 1.29 is 18.0 Å². The van der Waals surface area contributed by atoms with Crippen LogP contribution in [0.2, 0.25) is 0 Å². The molecule has 0 saturated carbocycles. The van der Waals surface area contributed by atoms with E-state index in [0.29, 0.717) is 17.4 Å². The second kappa shape index (κ2) is 9.63. The number of benzene rings is 3. The normalized spacial score (nSPS) is 12.7. The Morgan fingerprint density at radius 2 is 1.61 bits per heavy atom. The summed E-state index contributed by atoms with van der Waals surface area (Å²) < 4.78 is 40.5. The van der Waals surface area contributed by atoms with Crippen LogP contribution in [0.3, 0.4) is 0 Å². The Hall–Kier alpha value is -3.38. The highest BCUT2D eigenvalue weighted by Gasteiger charge is 2.31. The van der Waals surface area contributed by atoms with Crippen molar-refractivity contribution >= 4 is 16.7 Å². The first-order valence-electron chi connectivity index (χ1n) is 10.8. The molecule has 0 bridgehead atoms. The minimum absolute atomic E-state index is 0.248. The molecule has 0 amide bonds. The van der Waals surface area contributed by atoms with Gasteiger partial charge in [0.05, 0.1) is 6.04 Å². The molecule has 4 aromatic rings. The van der Waals surface area contributed by atoms with Gasteiger partial charge < -0.3 is 9.88 Å². The molecule has 0 radical (unpaired) electrons. The maximum atomic E-state index is 13.7. The number of hydrogen-bond acceptors (Lipinski definition) is 2. The molecule has 3 aromatic carbocycles. The van der Waals surface area contributed by atoms with E-state index in [-0.39, 0.29) is 11.3 Å². The first-order chi connectivity index (χ1) is 15.8. The summed E-state index contributed by atoms with van der Waals surface area (Å²) in [6, 6.07) is 23.5. The van der Waals surface area contributed by atoms with Crippen LogP contribution in [0.25, 0.3) is 10.9 Å². The lowest BCUT2D eigenvalue weighted by molar-refractivity contribution is -0.139. The zero-order valence-electron chi connectivity index (χ0n) is 18.3. The van der Waals surface area contributed by atoms with Crippen LogP contribution in [0.15, 0.2) is 85.1 Å². The molecule has 3 nitrogen and oxygen atoms in total. The second-order valence-corrected chi connectivity index (χ2v) is 8.20.